The van der Waals surface area contributed by atoms with Gasteiger partial charge >= 0.3 is 12.3 Å². The Morgan fingerprint density at radius 2 is 1.80 bits per heavy atom. The van der Waals surface area contributed by atoms with E-state index in [0.29, 0.717) is 0 Å². The van der Waals surface area contributed by atoms with Crippen molar-refractivity contribution in [1.29, 1.82) is 0 Å². The van der Waals surface area contributed by atoms with Gasteiger partial charge in [-0.3, -0.25) is 4.74 Å². The highest BCUT2D eigenvalue weighted by molar-refractivity contribution is 5.73. The smallest absolute Gasteiger partial charge is 0.425 e. The molecule has 0 saturated heterocycles. The van der Waals surface area contributed by atoms with Gasteiger partial charge in [-0.2, -0.15) is 0 Å². The SMILES string of the molecule is O=C(COC(F)(F)F)Oc1ccccc1. The van der Waals surface area contributed by atoms with Crippen LogP contribution in [0.4, 0.5) is 13.2 Å². The molecule has 0 N–H and O–H groups in total. The van der Waals surface area contributed by atoms with Crippen LogP contribution in [0.3, 0.4) is 0 Å². The van der Waals surface area contributed by atoms with Crippen LogP contribution in [0.25, 0.3) is 0 Å². The first-order valence-electron chi connectivity index (χ1n) is 3.94. The van der Waals surface area contributed by atoms with Crippen LogP contribution in [0.1, 0.15) is 0 Å². The summed E-state index contributed by atoms with van der Waals surface area (Å²) in [5, 5.41) is 0. The molecule has 0 aromatic heterocycles. The Morgan fingerprint density at radius 1 is 1.20 bits per heavy atom. The Balaban J connectivity index is 2.38. The maximum absolute atomic E-state index is 11.5. The van der Waals surface area contributed by atoms with Crippen LogP contribution in [0.5, 0.6) is 5.75 Å². The fourth-order valence-electron chi connectivity index (χ4n) is 0.790. The lowest BCUT2D eigenvalue weighted by atomic mass is 10.3. The number of hydrogen-bond acceptors (Lipinski definition) is 3. The maximum Gasteiger partial charge on any atom is 0.523 e. The number of benzene rings is 1. The van der Waals surface area contributed by atoms with Gasteiger partial charge in [0.2, 0.25) is 0 Å². The second kappa shape index (κ2) is 4.79. The van der Waals surface area contributed by atoms with Crippen molar-refractivity contribution < 1.29 is 27.4 Å². The number of esters is 1. The maximum atomic E-state index is 11.5. The summed E-state index contributed by atoms with van der Waals surface area (Å²) in [6.45, 7) is -1.15. The van der Waals surface area contributed by atoms with Gasteiger partial charge in [0.25, 0.3) is 0 Å². The van der Waals surface area contributed by atoms with Gasteiger partial charge in [0.15, 0.2) is 6.61 Å². The Bertz CT molecular complexity index is 321. The zero-order chi connectivity index (χ0) is 11.3. The molecular formula is C9H7F3O3. The number of carbonyl (C=O) groups is 1. The zero-order valence-corrected chi connectivity index (χ0v) is 7.45. The van der Waals surface area contributed by atoms with E-state index in [-0.39, 0.29) is 5.75 Å². The fourth-order valence-corrected chi connectivity index (χ4v) is 0.790. The third-order valence-electron chi connectivity index (χ3n) is 1.33. The number of carbonyl (C=O) groups excluding carboxylic acids is 1. The van der Waals surface area contributed by atoms with Gasteiger partial charge in [-0.1, -0.05) is 18.2 Å². The molecule has 0 unspecified atom stereocenters. The molecule has 0 aliphatic heterocycles. The number of alkyl halides is 3. The van der Waals surface area contributed by atoms with Crippen LogP contribution in [0, 0.1) is 0 Å². The molecule has 3 nitrogen and oxygen atoms in total. The lowest BCUT2D eigenvalue weighted by Gasteiger charge is -2.06. The Labute approximate surface area is 83.4 Å². The van der Waals surface area contributed by atoms with E-state index in [2.05, 4.69) is 9.47 Å². The standard InChI is InChI=1S/C9H7F3O3/c10-9(11,12)14-6-8(13)15-7-4-2-1-3-5-7/h1-5H,6H2. The molecule has 0 spiro atoms. The van der Waals surface area contributed by atoms with Gasteiger partial charge in [-0.05, 0) is 12.1 Å². The van der Waals surface area contributed by atoms with E-state index in [1.165, 1.54) is 12.1 Å². The molecule has 1 aromatic rings. The molecule has 0 bridgehead atoms. The topological polar surface area (TPSA) is 35.5 Å². The number of ether oxygens (including phenoxy) is 2. The Morgan fingerprint density at radius 3 is 2.33 bits per heavy atom. The summed E-state index contributed by atoms with van der Waals surface area (Å²) < 4.78 is 42.4. The van der Waals surface area contributed by atoms with Gasteiger partial charge in [-0.15, -0.1) is 13.2 Å². The summed E-state index contributed by atoms with van der Waals surface area (Å²) in [5.41, 5.74) is 0. The minimum atomic E-state index is -4.82. The number of hydrogen-bond donors (Lipinski definition) is 0. The Hall–Kier alpha value is -1.56. The molecule has 0 atom stereocenters. The van der Waals surface area contributed by atoms with E-state index >= 15 is 0 Å². The summed E-state index contributed by atoms with van der Waals surface area (Å²) in [6, 6.07) is 7.76. The molecular weight excluding hydrogens is 213 g/mol. The molecule has 0 aliphatic carbocycles. The second-order valence-electron chi connectivity index (χ2n) is 2.52. The van der Waals surface area contributed by atoms with Gasteiger partial charge < -0.3 is 4.74 Å². The van der Waals surface area contributed by atoms with Crippen molar-refractivity contribution in [3.63, 3.8) is 0 Å². The predicted molar refractivity (Wildman–Crippen MR) is 44.1 cm³/mol. The van der Waals surface area contributed by atoms with E-state index < -0.39 is 18.9 Å². The quantitative estimate of drug-likeness (QED) is 0.578. The number of rotatable bonds is 3. The monoisotopic (exact) mass is 220 g/mol. The number of para-hydroxylation sites is 1. The molecule has 0 heterocycles. The fraction of sp³-hybridized carbons (Fsp3) is 0.222. The van der Waals surface area contributed by atoms with E-state index in [1.54, 1.807) is 18.2 Å². The largest absolute Gasteiger partial charge is 0.523 e. The van der Waals surface area contributed by atoms with Crippen molar-refractivity contribution >= 4 is 5.97 Å². The average molecular weight is 220 g/mol. The second-order valence-corrected chi connectivity index (χ2v) is 2.52. The summed E-state index contributed by atoms with van der Waals surface area (Å²) in [4.78, 5) is 10.8. The average Bonchev–Trinajstić information content (AvgIpc) is 2.15. The minimum absolute atomic E-state index is 0.174. The first-order valence-corrected chi connectivity index (χ1v) is 3.94. The summed E-state index contributed by atoms with van der Waals surface area (Å²) in [5.74, 6) is -0.924. The summed E-state index contributed by atoms with van der Waals surface area (Å²) >= 11 is 0. The van der Waals surface area contributed by atoms with E-state index in [9.17, 15) is 18.0 Å². The van der Waals surface area contributed by atoms with Crippen LogP contribution >= 0.6 is 0 Å². The highest BCUT2D eigenvalue weighted by Crippen LogP contribution is 2.16. The number of halogens is 3. The first-order chi connectivity index (χ1) is 6.97. The molecule has 1 rings (SSSR count). The zero-order valence-electron chi connectivity index (χ0n) is 7.45. The molecule has 0 aliphatic rings. The van der Waals surface area contributed by atoms with Crippen LogP contribution < -0.4 is 4.74 Å². The molecule has 6 heteroatoms. The van der Waals surface area contributed by atoms with Gasteiger partial charge in [0.1, 0.15) is 5.75 Å². The summed E-state index contributed by atoms with van der Waals surface area (Å²) in [6.07, 6.45) is -4.82. The van der Waals surface area contributed by atoms with Crippen LogP contribution in [-0.4, -0.2) is 18.9 Å². The van der Waals surface area contributed by atoms with Crippen molar-refractivity contribution in [2.75, 3.05) is 6.61 Å². The molecule has 1 aromatic carbocycles. The van der Waals surface area contributed by atoms with E-state index in [4.69, 9.17) is 0 Å². The van der Waals surface area contributed by atoms with E-state index in [1.807, 2.05) is 0 Å². The van der Waals surface area contributed by atoms with Gasteiger partial charge in [0, 0.05) is 0 Å². The molecule has 0 saturated carbocycles. The molecule has 0 amide bonds. The third kappa shape index (κ3) is 5.02. The van der Waals surface area contributed by atoms with E-state index in [0.717, 1.165) is 0 Å². The minimum Gasteiger partial charge on any atom is -0.425 e. The molecule has 82 valence electrons. The highest BCUT2D eigenvalue weighted by atomic mass is 19.4. The molecule has 0 fully saturated rings. The molecule has 0 radical (unpaired) electrons. The van der Waals surface area contributed by atoms with Crippen LogP contribution in [0.2, 0.25) is 0 Å². The first kappa shape index (κ1) is 11.5. The summed E-state index contributed by atoms with van der Waals surface area (Å²) in [7, 11) is 0. The van der Waals surface area contributed by atoms with Crippen LogP contribution in [-0.2, 0) is 9.53 Å². The molecule has 15 heavy (non-hydrogen) atoms. The lowest BCUT2D eigenvalue weighted by Crippen LogP contribution is -2.22. The lowest BCUT2D eigenvalue weighted by molar-refractivity contribution is -0.322. The predicted octanol–water partition coefficient (Wildman–Crippen LogP) is 2.13. The van der Waals surface area contributed by atoms with Gasteiger partial charge in [-0.25, -0.2) is 4.79 Å². The van der Waals surface area contributed by atoms with Crippen LogP contribution in [0.15, 0.2) is 30.3 Å². The Kier molecular flexibility index (Phi) is 3.68. The van der Waals surface area contributed by atoms with Gasteiger partial charge in [0.05, 0.1) is 0 Å². The van der Waals surface area contributed by atoms with Crippen molar-refractivity contribution in [2.45, 2.75) is 6.36 Å². The van der Waals surface area contributed by atoms with Crippen molar-refractivity contribution in [3.8, 4) is 5.75 Å². The van der Waals surface area contributed by atoms with Crippen molar-refractivity contribution in [1.82, 2.24) is 0 Å². The van der Waals surface area contributed by atoms with Crippen molar-refractivity contribution in [3.05, 3.63) is 30.3 Å². The van der Waals surface area contributed by atoms with Crippen molar-refractivity contribution in [2.24, 2.45) is 0 Å². The highest BCUT2D eigenvalue weighted by Gasteiger charge is 2.30. The normalized spacial score (nSPS) is 11.1. The third-order valence-corrected chi connectivity index (χ3v) is 1.33.